The first-order valence-electron chi connectivity index (χ1n) is 7.55. The van der Waals surface area contributed by atoms with Crippen molar-refractivity contribution in [2.24, 2.45) is 0 Å². The van der Waals surface area contributed by atoms with Crippen molar-refractivity contribution < 1.29 is 9.47 Å². The Morgan fingerprint density at radius 1 is 1.05 bits per heavy atom. The van der Waals surface area contributed by atoms with Crippen LogP contribution >= 0.6 is 0 Å². The Balaban J connectivity index is 2.58. The largest absolute Gasteiger partial charge is 0.382 e. The van der Waals surface area contributed by atoms with E-state index in [1.165, 1.54) is 16.7 Å². The van der Waals surface area contributed by atoms with Crippen molar-refractivity contribution >= 4 is 0 Å². The summed E-state index contributed by atoms with van der Waals surface area (Å²) < 4.78 is 10.6. The van der Waals surface area contributed by atoms with Crippen LogP contribution in [0, 0.1) is 13.8 Å². The SMILES string of the molecule is CCCNC(CCOCCOC)c1cc(C)cc(C)c1. The van der Waals surface area contributed by atoms with E-state index in [0.717, 1.165) is 26.0 Å². The van der Waals surface area contributed by atoms with Crippen LogP contribution in [0.2, 0.25) is 0 Å². The number of benzene rings is 1. The van der Waals surface area contributed by atoms with E-state index in [2.05, 4.69) is 44.3 Å². The zero-order chi connectivity index (χ0) is 14.8. The molecule has 0 saturated heterocycles. The third kappa shape index (κ3) is 6.51. The van der Waals surface area contributed by atoms with Gasteiger partial charge in [0, 0.05) is 19.8 Å². The first-order valence-corrected chi connectivity index (χ1v) is 7.55. The highest BCUT2D eigenvalue weighted by atomic mass is 16.5. The summed E-state index contributed by atoms with van der Waals surface area (Å²) in [6, 6.07) is 7.14. The molecule has 1 atom stereocenters. The van der Waals surface area contributed by atoms with E-state index < -0.39 is 0 Å². The van der Waals surface area contributed by atoms with Crippen LogP contribution in [0.15, 0.2) is 18.2 Å². The second-order valence-electron chi connectivity index (χ2n) is 5.32. The lowest BCUT2D eigenvalue weighted by molar-refractivity contribution is 0.0657. The lowest BCUT2D eigenvalue weighted by Gasteiger charge is -2.20. The summed E-state index contributed by atoms with van der Waals surface area (Å²) in [6.07, 6.45) is 2.14. The predicted octanol–water partition coefficient (Wildman–Crippen LogP) is 3.40. The van der Waals surface area contributed by atoms with Crippen molar-refractivity contribution in [3.05, 3.63) is 34.9 Å². The average Bonchev–Trinajstić information content (AvgIpc) is 2.40. The van der Waals surface area contributed by atoms with Crippen LogP contribution in [-0.4, -0.2) is 33.5 Å². The zero-order valence-electron chi connectivity index (χ0n) is 13.4. The molecule has 0 fully saturated rings. The van der Waals surface area contributed by atoms with Gasteiger partial charge in [0.2, 0.25) is 0 Å². The highest BCUT2D eigenvalue weighted by Crippen LogP contribution is 2.20. The first kappa shape index (κ1) is 17.2. The number of hydrogen-bond acceptors (Lipinski definition) is 3. The Morgan fingerprint density at radius 2 is 1.75 bits per heavy atom. The van der Waals surface area contributed by atoms with E-state index in [9.17, 15) is 0 Å². The minimum atomic E-state index is 0.371. The summed E-state index contributed by atoms with van der Waals surface area (Å²) in [7, 11) is 1.70. The molecular weight excluding hydrogens is 250 g/mol. The van der Waals surface area contributed by atoms with Crippen LogP contribution in [-0.2, 0) is 9.47 Å². The Hall–Kier alpha value is -0.900. The van der Waals surface area contributed by atoms with Gasteiger partial charge >= 0.3 is 0 Å². The van der Waals surface area contributed by atoms with E-state index in [4.69, 9.17) is 9.47 Å². The average molecular weight is 279 g/mol. The van der Waals surface area contributed by atoms with Gasteiger partial charge < -0.3 is 14.8 Å². The van der Waals surface area contributed by atoms with Crippen molar-refractivity contribution in [1.29, 1.82) is 0 Å². The molecule has 3 heteroatoms. The Labute approximate surface area is 123 Å². The summed E-state index contributed by atoms with van der Waals surface area (Å²) in [4.78, 5) is 0. The van der Waals surface area contributed by atoms with Gasteiger partial charge in [0.05, 0.1) is 13.2 Å². The van der Waals surface area contributed by atoms with Crippen LogP contribution in [0.3, 0.4) is 0 Å². The Bertz CT molecular complexity index is 359. The maximum absolute atomic E-state index is 5.60. The smallest absolute Gasteiger partial charge is 0.0700 e. The molecule has 0 aliphatic heterocycles. The van der Waals surface area contributed by atoms with Crippen LogP contribution < -0.4 is 5.32 Å². The standard InChI is InChI=1S/C17H29NO2/c1-5-7-18-17(6-8-20-10-9-19-4)16-12-14(2)11-15(3)13-16/h11-13,17-18H,5-10H2,1-4H3. The molecule has 20 heavy (non-hydrogen) atoms. The number of hydrogen-bond donors (Lipinski definition) is 1. The molecule has 0 bridgehead atoms. The van der Waals surface area contributed by atoms with E-state index >= 15 is 0 Å². The predicted molar refractivity (Wildman–Crippen MR) is 84.3 cm³/mol. The summed E-state index contributed by atoms with van der Waals surface area (Å²) in [5, 5.41) is 3.62. The topological polar surface area (TPSA) is 30.5 Å². The third-order valence-corrected chi connectivity index (χ3v) is 3.27. The Morgan fingerprint density at radius 3 is 2.35 bits per heavy atom. The molecule has 0 radical (unpaired) electrons. The fourth-order valence-corrected chi connectivity index (χ4v) is 2.36. The second-order valence-corrected chi connectivity index (χ2v) is 5.32. The van der Waals surface area contributed by atoms with Gasteiger partial charge in [-0.25, -0.2) is 0 Å². The zero-order valence-corrected chi connectivity index (χ0v) is 13.4. The van der Waals surface area contributed by atoms with Gasteiger partial charge in [-0.15, -0.1) is 0 Å². The normalized spacial score (nSPS) is 12.6. The third-order valence-electron chi connectivity index (χ3n) is 3.27. The molecule has 3 nitrogen and oxygen atoms in total. The number of nitrogens with one attached hydrogen (secondary N) is 1. The summed E-state index contributed by atoms with van der Waals surface area (Å²) >= 11 is 0. The van der Waals surface area contributed by atoms with E-state index in [0.29, 0.717) is 19.3 Å². The van der Waals surface area contributed by atoms with E-state index in [1.54, 1.807) is 7.11 Å². The molecule has 0 amide bonds. The van der Waals surface area contributed by atoms with Gasteiger partial charge in [0.25, 0.3) is 0 Å². The fourth-order valence-electron chi connectivity index (χ4n) is 2.36. The second kappa shape index (κ2) is 9.92. The van der Waals surface area contributed by atoms with Gasteiger partial charge in [-0.3, -0.25) is 0 Å². The van der Waals surface area contributed by atoms with Gasteiger partial charge in [0.15, 0.2) is 0 Å². The van der Waals surface area contributed by atoms with Gasteiger partial charge in [-0.2, -0.15) is 0 Å². The quantitative estimate of drug-likeness (QED) is 0.666. The van der Waals surface area contributed by atoms with Crippen LogP contribution in [0.1, 0.15) is 42.5 Å². The molecule has 1 N–H and O–H groups in total. The maximum Gasteiger partial charge on any atom is 0.0700 e. The molecule has 114 valence electrons. The molecule has 1 aromatic carbocycles. The van der Waals surface area contributed by atoms with E-state index in [-0.39, 0.29) is 0 Å². The number of rotatable bonds is 10. The highest BCUT2D eigenvalue weighted by molar-refractivity contribution is 5.30. The maximum atomic E-state index is 5.60. The lowest BCUT2D eigenvalue weighted by Crippen LogP contribution is -2.24. The van der Waals surface area contributed by atoms with Gasteiger partial charge in [0.1, 0.15) is 0 Å². The monoisotopic (exact) mass is 279 g/mol. The van der Waals surface area contributed by atoms with Crippen LogP contribution in [0.4, 0.5) is 0 Å². The molecule has 0 aromatic heterocycles. The first-order chi connectivity index (χ1) is 9.67. The van der Waals surface area contributed by atoms with Gasteiger partial charge in [-0.1, -0.05) is 36.2 Å². The van der Waals surface area contributed by atoms with Crippen molar-refractivity contribution in [1.82, 2.24) is 5.32 Å². The van der Waals surface area contributed by atoms with Gasteiger partial charge in [-0.05, 0) is 38.8 Å². The summed E-state index contributed by atoms with van der Waals surface area (Å²) in [6.45, 7) is 9.64. The minimum Gasteiger partial charge on any atom is -0.382 e. The Kier molecular flexibility index (Phi) is 8.51. The molecule has 1 unspecified atom stereocenters. The molecule has 0 saturated carbocycles. The molecule has 1 rings (SSSR count). The van der Waals surface area contributed by atoms with Crippen molar-refractivity contribution in [2.75, 3.05) is 33.5 Å². The molecule has 0 spiro atoms. The summed E-state index contributed by atoms with van der Waals surface area (Å²) in [5.41, 5.74) is 4.01. The summed E-state index contributed by atoms with van der Waals surface area (Å²) in [5.74, 6) is 0. The van der Waals surface area contributed by atoms with Crippen molar-refractivity contribution in [3.8, 4) is 0 Å². The number of aryl methyl sites for hydroxylation is 2. The van der Waals surface area contributed by atoms with Crippen molar-refractivity contribution in [2.45, 2.75) is 39.7 Å². The van der Waals surface area contributed by atoms with Crippen molar-refractivity contribution in [3.63, 3.8) is 0 Å². The van der Waals surface area contributed by atoms with E-state index in [1.807, 2.05) is 0 Å². The molecule has 0 heterocycles. The van der Waals surface area contributed by atoms with Crippen LogP contribution in [0.5, 0.6) is 0 Å². The fraction of sp³-hybridized carbons (Fsp3) is 0.647. The van der Waals surface area contributed by atoms with Crippen LogP contribution in [0.25, 0.3) is 0 Å². The highest BCUT2D eigenvalue weighted by Gasteiger charge is 2.11. The molecule has 0 aliphatic rings. The number of ether oxygens (including phenoxy) is 2. The molecule has 1 aromatic rings. The minimum absolute atomic E-state index is 0.371. The molecule has 0 aliphatic carbocycles. The number of methoxy groups -OCH3 is 1. The molecular formula is C17H29NO2. The lowest BCUT2D eigenvalue weighted by atomic mass is 9.99.